The molecule has 0 aliphatic carbocycles. The van der Waals surface area contributed by atoms with Crippen LogP contribution in [-0.2, 0) is 0 Å². The van der Waals surface area contributed by atoms with Crippen LogP contribution in [0.5, 0.6) is 0 Å². The fraction of sp³-hybridized carbons (Fsp3) is 0. The van der Waals surface area contributed by atoms with E-state index < -0.39 is 0 Å². The summed E-state index contributed by atoms with van der Waals surface area (Å²) in [4.78, 5) is 0. The molecule has 16 heavy (non-hydrogen) atoms. The lowest BCUT2D eigenvalue weighted by atomic mass is 10.0. The highest BCUT2D eigenvalue weighted by atomic mass is 79.9. The topological polar surface area (TPSA) is 0 Å². The second kappa shape index (κ2) is 3.86. The molecule has 0 amide bonds. The van der Waals surface area contributed by atoms with E-state index in [2.05, 4.69) is 31.9 Å². The monoisotopic (exact) mass is 342 g/mol. The van der Waals surface area contributed by atoms with Gasteiger partial charge in [-0.2, -0.15) is 0 Å². The molecule has 3 aromatic carbocycles. The molecule has 0 heterocycles. The molecule has 0 saturated carbocycles. The van der Waals surface area contributed by atoms with Gasteiger partial charge >= 0.3 is 0 Å². The van der Waals surface area contributed by atoms with Crippen LogP contribution in [0.3, 0.4) is 0 Å². The van der Waals surface area contributed by atoms with E-state index in [0.717, 1.165) is 0 Å². The van der Waals surface area contributed by atoms with Crippen LogP contribution in [0.15, 0.2) is 57.3 Å². The quantitative estimate of drug-likeness (QED) is 0.471. The van der Waals surface area contributed by atoms with Crippen LogP contribution >= 0.6 is 31.9 Å². The van der Waals surface area contributed by atoms with Gasteiger partial charge in [0.05, 0.1) is 11.0 Å². The number of rotatable bonds is 0. The summed E-state index contributed by atoms with van der Waals surface area (Å²) in [6, 6.07) is -2.26. The van der Waals surface area contributed by atoms with Gasteiger partial charge in [0, 0.05) is 8.95 Å². The SMILES string of the molecule is [2H]c1c(Br)c([2H])c2c([2H])c([2H])c3c([2H])c(Br)c([2H])c([2H])c3c2c1[2H]. The molecule has 2 heteroatoms. The Kier molecular flexibility index (Phi) is 1.16. The molecule has 0 N–H and O–H groups in total. The normalized spacial score (nSPS) is 18.1. The minimum Gasteiger partial charge on any atom is -0.0537 e. The molecule has 0 bridgehead atoms. The van der Waals surface area contributed by atoms with E-state index >= 15 is 0 Å². The van der Waals surface area contributed by atoms with E-state index in [9.17, 15) is 0 Å². The highest BCUT2D eigenvalue weighted by Crippen LogP contribution is 2.29. The first-order valence-electron chi connectivity index (χ1n) is 8.38. The average Bonchev–Trinajstić information content (AvgIpc) is 2.56. The molecule has 3 rings (SSSR count). The van der Waals surface area contributed by atoms with Crippen molar-refractivity contribution in [3.8, 4) is 0 Å². The second-order valence-electron chi connectivity index (χ2n) is 3.13. The van der Waals surface area contributed by atoms with Crippen LogP contribution in [0.2, 0.25) is 0 Å². The van der Waals surface area contributed by atoms with Gasteiger partial charge in [0.1, 0.15) is 0 Å². The smallest absolute Gasteiger partial charge is 0.0537 e. The van der Waals surface area contributed by atoms with Crippen molar-refractivity contribution >= 4 is 53.4 Å². The van der Waals surface area contributed by atoms with E-state index in [0.29, 0.717) is 0 Å². The summed E-state index contributed by atoms with van der Waals surface area (Å²) in [5, 5.41) is -0.0857. The number of halogens is 2. The molecule has 0 aromatic heterocycles. The van der Waals surface area contributed by atoms with Gasteiger partial charge in [-0.1, -0.05) is 56.0 Å². The molecule has 0 saturated heterocycles. The Labute approximate surface area is 122 Å². The number of hydrogen-bond donors (Lipinski definition) is 0. The zero-order valence-corrected chi connectivity index (χ0v) is 10.9. The van der Waals surface area contributed by atoms with Crippen LogP contribution in [0, 0.1) is 0 Å². The molecule has 0 fully saturated rings. The van der Waals surface area contributed by atoms with Crippen LogP contribution in [0.25, 0.3) is 21.5 Å². The summed E-state index contributed by atoms with van der Waals surface area (Å²) >= 11 is 6.13. The lowest BCUT2D eigenvalue weighted by molar-refractivity contribution is 1.70. The van der Waals surface area contributed by atoms with Gasteiger partial charge in [0.15, 0.2) is 0 Å². The summed E-state index contributed by atoms with van der Waals surface area (Å²) in [6.07, 6.45) is 0. The standard InChI is InChI=1S/C14H8Br2/c15-11-3-5-13-9(7-11)1-2-10-8-12(16)4-6-14(10)13/h1-8H/i1D,2D,3D,4D,5D,6D,7D,8D. The van der Waals surface area contributed by atoms with Gasteiger partial charge in [0.2, 0.25) is 0 Å². The molecule has 78 valence electrons. The predicted octanol–water partition coefficient (Wildman–Crippen LogP) is 5.52. The van der Waals surface area contributed by atoms with Crippen molar-refractivity contribution in [3.05, 3.63) is 57.3 Å². The molecule has 0 spiro atoms. The van der Waals surface area contributed by atoms with Crippen molar-refractivity contribution in [3.63, 3.8) is 0 Å². The maximum Gasteiger partial charge on any atom is 0.0641 e. The molecule has 0 atom stereocenters. The van der Waals surface area contributed by atoms with E-state index in [4.69, 9.17) is 11.0 Å². The van der Waals surface area contributed by atoms with E-state index in [-0.39, 0.29) is 78.8 Å². The first kappa shape index (κ1) is 4.79. The molecule has 0 nitrogen and oxygen atoms in total. The first-order valence-corrected chi connectivity index (χ1v) is 5.96. The van der Waals surface area contributed by atoms with Crippen molar-refractivity contribution in [2.75, 3.05) is 0 Å². The zero-order valence-electron chi connectivity index (χ0n) is 15.8. The fourth-order valence-corrected chi connectivity index (χ4v) is 2.05. The van der Waals surface area contributed by atoms with E-state index in [1.165, 1.54) is 0 Å². The summed E-state index contributed by atoms with van der Waals surface area (Å²) in [5.41, 5.74) is 0. The molecule has 3 aromatic rings. The maximum atomic E-state index is 8.20. The van der Waals surface area contributed by atoms with Crippen molar-refractivity contribution in [1.82, 2.24) is 0 Å². The Bertz CT molecular complexity index is 976. The Morgan fingerprint density at radius 2 is 1.12 bits per heavy atom. The summed E-state index contributed by atoms with van der Waals surface area (Å²) in [7, 11) is 0. The Morgan fingerprint density at radius 1 is 0.688 bits per heavy atom. The average molecular weight is 344 g/mol. The van der Waals surface area contributed by atoms with Crippen molar-refractivity contribution < 1.29 is 11.0 Å². The highest BCUT2D eigenvalue weighted by Gasteiger charge is 2.01. The second-order valence-corrected chi connectivity index (χ2v) is 4.71. The Balaban J connectivity index is 2.87. The molecule has 0 unspecified atom stereocenters. The van der Waals surface area contributed by atoms with Gasteiger partial charge in [0.25, 0.3) is 0 Å². The first-order chi connectivity index (χ1) is 11.1. The lowest BCUT2D eigenvalue weighted by Gasteiger charge is -2.04. The fourth-order valence-electron chi connectivity index (χ4n) is 1.45. The maximum absolute atomic E-state index is 8.20. The van der Waals surface area contributed by atoms with Crippen molar-refractivity contribution in [2.24, 2.45) is 0 Å². The molecular formula is C14H8Br2. The number of hydrogen-bond acceptors (Lipinski definition) is 0. The molecule has 0 aliphatic heterocycles. The molecular weight excluding hydrogens is 328 g/mol. The van der Waals surface area contributed by atoms with Crippen LogP contribution in [0.1, 0.15) is 11.0 Å². The molecule has 0 radical (unpaired) electrons. The number of fused-ring (bicyclic) bond motifs is 3. The van der Waals surface area contributed by atoms with Gasteiger partial charge in [-0.3, -0.25) is 0 Å². The summed E-state index contributed by atoms with van der Waals surface area (Å²) in [6.45, 7) is 0. The van der Waals surface area contributed by atoms with E-state index in [1.54, 1.807) is 0 Å². The minimum absolute atomic E-state index is 0.0105. The third-order valence-corrected chi connectivity index (χ3v) is 2.92. The predicted molar refractivity (Wildman–Crippen MR) is 76.9 cm³/mol. The highest BCUT2D eigenvalue weighted by molar-refractivity contribution is 9.10. The zero-order chi connectivity index (χ0) is 18.1. The van der Waals surface area contributed by atoms with Crippen LogP contribution in [-0.4, -0.2) is 0 Å². The molecule has 0 aliphatic rings. The minimum atomic E-state index is -0.339. The summed E-state index contributed by atoms with van der Waals surface area (Å²) in [5.74, 6) is 0. The van der Waals surface area contributed by atoms with Crippen LogP contribution < -0.4 is 0 Å². The van der Waals surface area contributed by atoms with Gasteiger partial charge < -0.3 is 0 Å². The van der Waals surface area contributed by atoms with E-state index in [1.807, 2.05) is 0 Å². The van der Waals surface area contributed by atoms with Crippen LogP contribution in [0.4, 0.5) is 0 Å². The third-order valence-electron chi connectivity index (χ3n) is 2.13. The van der Waals surface area contributed by atoms with Crippen molar-refractivity contribution in [1.29, 1.82) is 0 Å². The van der Waals surface area contributed by atoms with Gasteiger partial charge in [-0.25, -0.2) is 0 Å². The van der Waals surface area contributed by atoms with Gasteiger partial charge in [-0.15, -0.1) is 0 Å². The Hall–Kier alpha value is -0.860. The number of benzene rings is 3. The lowest BCUT2D eigenvalue weighted by Crippen LogP contribution is -1.78. The third kappa shape index (κ3) is 1.66. The van der Waals surface area contributed by atoms with Gasteiger partial charge in [-0.05, 0) is 45.7 Å². The largest absolute Gasteiger partial charge is 0.0641 e. The summed E-state index contributed by atoms with van der Waals surface area (Å²) < 4.78 is 65.1. The van der Waals surface area contributed by atoms with Crippen molar-refractivity contribution in [2.45, 2.75) is 0 Å². The Morgan fingerprint density at radius 3 is 1.56 bits per heavy atom.